The molecule has 5 rings (SSSR count). The first-order chi connectivity index (χ1) is 10.8. The predicted molar refractivity (Wildman–Crippen MR) is 86.1 cm³/mol. The minimum Gasteiger partial charge on any atom is -0.328 e. The average Bonchev–Trinajstić information content (AvgIpc) is 3.17. The van der Waals surface area contributed by atoms with E-state index in [1.165, 1.54) is 17.8 Å². The quantitative estimate of drug-likeness (QED) is 0.788. The number of benzene rings is 1. The smallest absolute Gasteiger partial charge is 0.251 e. The van der Waals surface area contributed by atoms with Gasteiger partial charge in [0.1, 0.15) is 5.82 Å². The van der Waals surface area contributed by atoms with E-state index < -0.39 is 0 Å². The maximum absolute atomic E-state index is 11.9. The van der Waals surface area contributed by atoms with Crippen LogP contribution in [0.2, 0.25) is 0 Å². The van der Waals surface area contributed by atoms with E-state index in [0.717, 1.165) is 48.0 Å². The van der Waals surface area contributed by atoms with E-state index in [2.05, 4.69) is 33.8 Å². The number of hydrogen-bond acceptors (Lipinski definition) is 2. The Morgan fingerprint density at radius 1 is 1.18 bits per heavy atom. The number of aryl methyl sites for hydroxylation is 2. The molecule has 0 saturated heterocycles. The second-order valence-electron chi connectivity index (χ2n) is 6.43. The molecule has 1 aliphatic heterocycles. The summed E-state index contributed by atoms with van der Waals surface area (Å²) < 4.78 is 2.33. The van der Waals surface area contributed by atoms with Gasteiger partial charge >= 0.3 is 0 Å². The van der Waals surface area contributed by atoms with Gasteiger partial charge in [0.15, 0.2) is 0 Å². The van der Waals surface area contributed by atoms with Crippen molar-refractivity contribution in [2.24, 2.45) is 0 Å². The summed E-state index contributed by atoms with van der Waals surface area (Å²) in [7, 11) is 0. The topological polar surface area (TPSA) is 50.7 Å². The molecule has 1 aliphatic carbocycles. The van der Waals surface area contributed by atoms with Crippen molar-refractivity contribution in [3.63, 3.8) is 0 Å². The van der Waals surface area contributed by atoms with Crippen molar-refractivity contribution >= 4 is 11.0 Å². The number of fused-ring (bicyclic) bond motifs is 3. The molecule has 2 aliphatic rings. The summed E-state index contributed by atoms with van der Waals surface area (Å²) in [4.78, 5) is 19.5. The Kier molecular flexibility index (Phi) is 2.40. The monoisotopic (exact) mass is 291 g/mol. The lowest BCUT2D eigenvalue weighted by molar-refractivity contribution is 0.771. The molecule has 1 fully saturated rings. The molecule has 3 aromatic rings. The SMILES string of the molecule is O=c1[nH]cc(-c2ccc3nc4n(c3c2)CCC4)cc1C1CC1. The van der Waals surface area contributed by atoms with Gasteiger partial charge in [0.2, 0.25) is 0 Å². The molecular formula is C18H17N3O. The van der Waals surface area contributed by atoms with Crippen LogP contribution in [0.25, 0.3) is 22.2 Å². The first-order valence-electron chi connectivity index (χ1n) is 8.02. The van der Waals surface area contributed by atoms with Gasteiger partial charge in [-0.1, -0.05) is 6.07 Å². The highest BCUT2D eigenvalue weighted by atomic mass is 16.1. The van der Waals surface area contributed by atoms with Gasteiger partial charge in [-0.15, -0.1) is 0 Å². The van der Waals surface area contributed by atoms with Gasteiger partial charge in [-0.2, -0.15) is 0 Å². The number of imidazole rings is 1. The molecule has 4 heteroatoms. The van der Waals surface area contributed by atoms with Crippen LogP contribution in [-0.4, -0.2) is 14.5 Å². The number of H-pyrrole nitrogens is 1. The zero-order valence-electron chi connectivity index (χ0n) is 12.3. The highest BCUT2D eigenvalue weighted by Gasteiger charge is 2.26. The van der Waals surface area contributed by atoms with Crippen LogP contribution in [0.5, 0.6) is 0 Å². The molecule has 0 amide bonds. The van der Waals surface area contributed by atoms with Crippen molar-refractivity contribution in [1.29, 1.82) is 0 Å². The third-order valence-electron chi connectivity index (χ3n) is 4.89. The summed E-state index contributed by atoms with van der Waals surface area (Å²) >= 11 is 0. The van der Waals surface area contributed by atoms with Gasteiger partial charge < -0.3 is 9.55 Å². The van der Waals surface area contributed by atoms with Crippen molar-refractivity contribution in [3.8, 4) is 11.1 Å². The van der Waals surface area contributed by atoms with Crippen LogP contribution in [0, 0.1) is 0 Å². The molecule has 0 bridgehead atoms. The van der Waals surface area contributed by atoms with Gasteiger partial charge in [0.05, 0.1) is 11.0 Å². The normalized spacial score (nSPS) is 17.1. The fraction of sp³-hybridized carbons (Fsp3) is 0.333. The third-order valence-corrected chi connectivity index (χ3v) is 4.89. The van der Waals surface area contributed by atoms with E-state index in [1.54, 1.807) is 0 Å². The van der Waals surface area contributed by atoms with Crippen molar-refractivity contribution in [2.75, 3.05) is 0 Å². The molecule has 0 spiro atoms. The molecule has 0 unspecified atom stereocenters. The van der Waals surface area contributed by atoms with E-state index in [4.69, 9.17) is 4.98 Å². The number of rotatable bonds is 2. The maximum Gasteiger partial charge on any atom is 0.251 e. The van der Waals surface area contributed by atoms with E-state index in [-0.39, 0.29) is 5.56 Å². The lowest BCUT2D eigenvalue weighted by Gasteiger charge is -2.06. The van der Waals surface area contributed by atoms with Crippen LogP contribution in [0.4, 0.5) is 0 Å². The van der Waals surface area contributed by atoms with Gasteiger partial charge in [-0.05, 0) is 54.5 Å². The average molecular weight is 291 g/mol. The first-order valence-corrected chi connectivity index (χ1v) is 8.02. The number of pyridine rings is 1. The summed E-state index contributed by atoms with van der Waals surface area (Å²) in [5, 5.41) is 0. The van der Waals surface area contributed by atoms with Gasteiger partial charge in [0, 0.05) is 24.7 Å². The second-order valence-corrected chi connectivity index (χ2v) is 6.43. The molecule has 1 saturated carbocycles. The Hall–Kier alpha value is -2.36. The Morgan fingerprint density at radius 3 is 2.95 bits per heavy atom. The molecule has 3 heterocycles. The summed E-state index contributed by atoms with van der Waals surface area (Å²) in [5.74, 6) is 1.67. The van der Waals surface area contributed by atoms with E-state index in [1.807, 2.05) is 6.20 Å². The molecule has 0 atom stereocenters. The first kappa shape index (κ1) is 12.2. The van der Waals surface area contributed by atoms with Crippen LogP contribution in [0.3, 0.4) is 0 Å². The third kappa shape index (κ3) is 1.76. The minimum absolute atomic E-state index is 0.0672. The van der Waals surface area contributed by atoms with Crippen molar-refractivity contribution in [3.05, 3.63) is 52.2 Å². The molecule has 1 N–H and O–H groups in total. The van der Waals surface area contributed by atoms with Crippen molar-refractivity contribution < 1.29 is 0 Å². The predicted octanol–water partition coefficient (Wildman–Crippen LogP) is 3.22. The number of nitrogens with zero attached hydrogens (tertiary/aromatic N) is 2. The van der Waals surface area contributed by atoms with Gasteiger partial charge in [-0.25, -0.2) is 4.98 Å². The van der Waals surface area contributed by atoms with Crippen molar-refractivity contribution in [2.45, 2.75) is 38.1 Å². The Balaban J connectivity index is 1.67. The van der Waals surface area contributed by atoms with Gasteiger partial charge in [0.25, 0.3) is 5.56 Å². The number of hydrogen-bond donors (Lipinski definition) is 1. The summed E-state index contributed by atoms with van der Waals surface area (Å²) in [5.41, 5.74) is 5.54. The second kappa shape index (κ2) is 4.32. The van der Waals surface area contributed by atoms with E-state index >= 15 is 0 Å². The van der Waals surface area contributed by atoms with Crippen LogP contribution in [0.1, 0.15) is 36.6 Å². The number of aromatic amines is 1. The van der Waals surface area contributed by atoms with Crippen molar-refractivity contribution in [1.82, 2.24) is 14.5 Å². The largest absolute Gasteiger partial charge is 0.328 e. The molecule has 2 aromatic heterocycles. The zero-order valence-corrected chi connectivity index (χ0v) is 12.3. The van der Waals surface area contributed by atoms with Crippen LogP contribution >= 0.6 is 0 Å². The minimum atomic E-state index is 0.0672. The Labute approximate surface area is 127 Å². The zero-order chi connectivity index (χ0) is 14.7. The fourth-order valence-electron chi connectivity index (χ4n) is 3.55. The lowest BCUT2D eigenvalue weighted by Crippen LogP contribution is -2.10. The van der Waals surface area contributed by atoms with E-state index in [9.17, 15) is 4.79 Å². The van der Waals surface area contributed by atoms with Crippen LogP contribution in [-0.2, 0) is 13.0 Å². The van der Waals surface area contributed by atoms with E-state index in [0.29, 0.717) is 5.92 Å². The fourth-order valence-corrected chi connectivity index (χ4v) is 3.55. The standard InChI is InChI=1S/C18H17N3O/c22-18-14(11-3-4-11)8-13(10-19-18)12-5-6-15-16(9-12)21-7-1-2-17(21)20-15/h5-6,8-11H,1-4,7H2,(H,19,22). The molecule has 0 radical (unpaired) electrons. The van der Waals surface area contributed by atoms with Crippen LogP contribution < -0.4 is 5.56 Å². The molecule has 4 nitrogen and oxygen atoms in total. The Morgan fingerprint density at radius 2 is 2.09 bits per heavy atom. The van der Waals surface area contributed by atoms with Gasteiger partial charge in [-0.3, -0.25) is 4.79 Å². The molecular weight excluding hydrogens is 274 g/mol. The Bertz CT molecular complexity index is 947. The highest BCUT2D eigenvalue weighted by Crippen LogP contribution is 2.39. The lowest BCUT2D eigenvalue weighted by atomic mass is 10.0. The number of nitrogens with one attached hydrogen (secondary N) is 1. The maximum atomic E-state index is 11.9. The summed E-state index contributed by atoms with van der Waals surface area (Å²) in [6.45, 7) is 1.06. The summed E-state index contributed by atoms with van der Waals surface area (Å²) in [6.07, 6.45) is 6.38. The number of aromatic nitrogens is 3. The summed E-state index contributed by atoms with van der Waals surface area (Å²) in [6, 6.07) is 8.48. The highest BCUT2D eigenvalue weighted by molar-refractivity contribution is 5.83. The molecule has 1 aromatic carbocycles. The van der Waals surface area contributed by atoms with Crippen LogP contribution in [0.15, 0.2) is 35.3 Å². The molecule has 22 heavy (non-hydrogen) atoms. The molecule has 110 valence electrons.